The number of nitrogens with one attached hydrogen (secondary N) is 2. The molecule has 1 saturated carbocycles. The molecule has 40 heavy (non-hydrogen) atoms. The van der Waals surface area contributed by atoms with Gasteiger partial charge in [0.2, 0.25) is 12.1 Å². The number of hydrogen-bond acceptors (Lipinski definition) is 5. The summed E-state index contributed by atoms with van der Waals surface area (Å²) in [5, 5.41) is 5.55. The highest BCUT2D eigenvalue weighted by Gasteiger charge is 2.37. The van der Waals surface area contributed by atoms with Gasteiger partial charge in [0, 0.05) is 49.8 Å². The lowest BCUT2D eigenvalue weighted by atomic mass is 9.84. The minimum Gasteiger partial charge on any atom is -0.378 e. The molecule has 2 aromatic rings. The van der Waals surface area contributed by atoms with Gasteiger partial charge in [0.05, 0.1) is 5.69 Å². The maximum atomic E-state index is 14.0. The Balaban J connectivity index is 0.00000370. The molecule has 9 nitrogen and oxygen atoms in total. The molecule has 4 aliphatic rings. The van der Waals surface area contributed by atoms with Crippen molar-refractivity contribution in [1.29, 1.82) is 0 Å². The van der Waals surface area contributed by atoms with Gasteiger partial charge in [0.1, 0.15) is 6.54 Å². The average molecular weight is 567 g/mol. The number of halogens is 1. The SMILES string of the molecule is CC1=N[C@@H](NC(=O)Nc2cccc(N(C)C)c2)C(=O)N(CC(=O)N2CC3CCC(CC3)C2)c2c(C)cccc21.Cl. The molecular formula is C30H39ClN6O3. The third-order valence-corrected chi connectivity index (χ3v) is 8.18. The average Bonchev–Trinajstić information content (AvgIpc) is 3.29. The molecule has 0 spiro atoms. The molecular weight excluding hydrogens is 528 g/mol. The van der Waals surface area contributed by atoms with Crippen LogP contribution in [-0.4, -0.2) is 68.4 Å². The standard InChI is InChI=1S/C30H38N6O3.ClH/c1-19-7-5-10-25-20(2)31-28(33-30(39)32-23-8-6-9-24(15-23)34(3)4)29(38)36(27(19)25)18-26(37)35-16-21-11-12-22(17-35)14-13-21;/h5-10,15,21-22,28H,11-14,16-18H2,1-4H3,(H2,32,33,39);1H/t21?,22?,28-;/m0./s1. The number of rotatable bonds is 5. The summed E-state index contributed by atoms with van der Waals surface area (Å²) in [6.07, 6.45) is 3.52. The Kier molecular flexibility index (Phi) is 9.03. The molecule has 2 bridgehead atoms. The second kappa shape index (κ2) is 12.3. The van der Waals surface area contributed by atoms with Crippen LogP contribution in [0.1, 0.15) is 43.7 Å². The van der Waals surface area contributed by atoms with E-state index in [-0.39, 0.29) is 24.9 Å². The molecule has 3 fully saturated rings. The van der Waals surface area contributed by atoms with Crippen molar-refractivity contribution in [2.24, 2.45) is 16.8 Å². The smallest absolute Gasteiger partial charge is 0.321 e. The summed E-state index contributed by atoms with van der Waals surface area (Å²) in [6, 6.07) is 12.6. The zero-order chi connectivity index (χ0) is 27.7. The zero-order valence-electron chi connectivity index (χ0n) is 23.6. The molecule has 0 radical (unpaired) electrons. The number of carbonyl (C=O) groups excluding carboxylic acids is 3. The fraction of sp³-hybridized carbons (Fsp3) is 0.467. The number of aryl methyl sites for hydroxylation is 1. The number of hydrogen-bond donors (Lipinski definition) is 2. The van der Waals surface area contributed by atoms with Crippen molar-refractivity contribution in [3.63, 3.8) is 0 Å². The van der Waals surface area contributed by atoms with E-state index in [2.05, 4.69) is 15.6 Å². The summed E-state index contributed by atoms with van der Waals surface area (Å²) in [7, 11) is 3.85. The number of benzene rings is 2. The monoisotopic (exact) mass is 566 g/mol. The Morgan fingerprint density at radius 1 is 1.00 bits per heavy atom. The van der Waals surface area contributed by atoms with Gasteiger partial charge in [-0.25, -0.2) is 4.79 Å². The largest absolute Gasteiger partial charge is 0.378 e. The minimum atomic E-state index is -1.16. The molecule has 3 heterocycles. The molecule has 2 N–H and O–H groups in total. The summed E-state index contributed by atoms with van der Waals surface area (Å²) in [5.74, 6) is 0.595. The Bertz CT molecular complexity index is 1290. The predicted octanol–water partition coefficient (Wildman–Crippen LogP) is 4.43. The van der Waals surface area contributed by atoms with E-state index in [1.165, 1.54) is 30.6 Å². The molecule has 214 valence electrons. The predicted molar refractivity (Wildman–Crippen MR) is 162 cm³/mol. The lowest BCUT2D eigenvalue weighted by Gasteiger charge is -2.30. The van der Waals surface area contributed by atoms with Gasteiger partial charge in [-0.3, -0.25) is 19.5 Å². The first-order valence-electron chi connectivity index (χ1n) is 13.8. The van der Waals surface area contributed by atoms with E-state index in [4.69, 9.17) is 0 Å². The van der Waals surface area contributed by atoms with E-state index in [0.29, 0.717) is 28.9 Å². The number of fused-ring (bicyclic) bond motifs is 5. The number of carbonyl (C=O) groups is 3. The van der Waals surface area contributed by atoms with Crippen LogP contribution in [0.5, 0.6) is 0 Å². The summed E-state index contributed by atoms with van der Waals surface area (Å²) < 4.78 is 0. The van der Waals surface area contributed by atoms with E-state index >= 15 is 0 Å². The van der Waals surface area contributed by atoms with Crippen molar-refractivity contribution in [1.82, 2.24) is 10.2 Å². The van der Waals surface area contributed by atoms with Crippen LogP contribution in [0, 0.1) is 18.8 Å². The molecule has 3 aliphatic heterocycles. The van der Waals surface area contributed by atoms with Gasteiger partial charge in [-0.2, -0.15) is 0 Å². The third kappa shape index (κ3) is 6.25. The highest BCUT2D eigenvalue weighted by Crippen LogP contribution is 2.35. The van der Waals surface area contributed by atoms with Crippen LogP contribution in [0.2, 0.25) is 0 Å². The Labute approximate surface area is 242 Å². The zero-order valence-corrected chi connectivity index (χ0v) is 24.5. The fourth-order valence-electron chi connectivity index (χ4n) is 6.02. The van der Waals surface area contributed by atoms with Gasteiger partial charge in [0.15, 0.2) is 0 Å². The molecule has 1 atom stereocenters. The minimum absolute atomic E-state index is 0. The van der Waals surface area contributed by atoms with E-state index < -0.39 is 18.1 Å². The van der Waals surface area contributed by atoms with Crippen LogP contribution in [0.3, 0.4) is 0 Å². The quantitative estimate of drug-likeness (QED) is 0.559. The number of amides is 4. The number of para-hydroxylation sites is 1. The van der Waals surface area contributed by atoms with Gasteiger partial charge < -0.3 is 20.4 Å². The highest BCUT2D eigenvalue weighted by molar-refractivity contribution is 6.14. The first-order chi connectivity index (χ1) is 18.7. The maximum Gasteiger partial charge on any atom is 0.321 e. The lowest BCUT2D eigenvalue weighted by Crippen LogP contribution is -2.52. The molecule has 2 aromatic carbocycles. The van der Waals surface area contributed by atoms with E-state index in [1.807, 2.05) is 74.1 Å². The second-order valence-electron chi connectivity index (χ2n) is 11.2. The Morgan fingerprint density at radius 3 is 2.30 bits per heavy atom. The summed E-state index contributed by atoms with van der Waals surface area (Å²) >= 11 is 0. The number of aliphatic imine (C=N–C) groups is 1. The van der Waals surface area contributed by atoms with E-state index in [1.54, 1.807) is 6.07 Å². The van der Waals surface area contributed by atoms with Crippen LogP contribution < -0.4 is 20.4 Å². The lowest BCUT2D eigenvalue weighted by molar-refractivity contribution is -0.132. The highest BCUT2D eigenvalue weighted by atomic mass is 35.5. The van der Waals surface area contributed by atoms with Crippen LogP contribution in [0.4, 0.5) is 21.9 Å². The Hall–Kier alpha value is -3.59. The summed E-state index contributed by atoms with van der Waals surface area (Å²) in [4.78, 5) is 50.6. The van der Waals surface area contributed by atoms with Crippen LogP contribution in [-0.2, 0) is 9.59 Å². The van der Waals surface area contributed by atoms with Crippen molar-refractivity contribution in [3.05, 3.63) is 53.6 Å². The summed E-state index contributed by atoms with van der Waals surface area (Å²) in [5.41, 5.74) is 4.51. The summed E-state index contributed by atoms with van der Waals surface area (Å²) in [6.45, 7) is 5.19. The maximum absolute atomic E-state index is 14.0. The van der Waals surface area contributed by atoms with Crippen molar-refractivity contribution in [2.75, 3.05) is 48.8 Å². The van der Waals surface area contributed by atoms with Gasteiger partial charge in [-0.1, -0.05) is 24.3 Å². The molecule has 10 heteroatoms. The van der Waals surface area contributed by atoms with Gasteiger partial charge in [-0.05, 0) is 75.1 Å². The second-order valence-corrected chi connectivity index (χ2v) is 11.2. The molecule has 1 aliphatic carbocycles. The van der Waals surface area contributed by atoms with Gasteiger partial charge >= 0.3 is 6.03 Å². The molecule has 6 rings (SSSR count). The topological polar surface area (TPSA) is 97.4 Å². The van der Waals surface area contributed by atoms with E-state index in [0.717, 1.165) is 29.9 Å². The van der Waals surface area contributed by atoms with Crippen LogP contribution in [0.25, 0.3) is 0 Å². The van der Waals surface area contributed by atoms with Crippen LogP contribution in [0.15, 0.2) is 47.5 Å². The first kappa shape index (κ1) is 29.4. The van der Waals surface area contributed by atoms with Gasteiger partial charge in [-0.15, -0.1) is 12.4 Å². The molecule has 4 amide bonds. The Morgan fingerprint density at radius 2 is 1.65 bits per heavy atom. The normalized spacial score (nSPS) is 21.9. The van der Waals surface area contributed by atoms with Crippen molar-refractivity contribution in [3.8, 4) is 0 Å². The van der Waals surface area contributed by atoms with Gasteiger partial charge in [0.25, 0.3) is 5.91 Å². The van der Waals surface area contributed by atoms with Crippen molar-refractivity contribution < 1.29 is 14.4 Å². The molecule has 0 aromatic heterocycles. The van der Waals surface area contributed by atoms with Crippen molar-refractivity contribution in [2.45, 2.75) is 45.7 Å². The third-order valence-electron chi connectivity index (χ3n) is 8.18. The fourth-order valence-corrected chi connectivity index (χ4v) is 6.02. The number of anilines is 3. The first-order valence-corrected chi connectivity index (χ1v) is 13.8. The molecule has 2 saturated heterocycles. The van der Waals surface area contributed by atoms with Crippen LogP contribution >= 0.6 is 12.4 Å². The number of urea groups is 1. The van der Waals surface area contributed by atoms with E-state index in [9.17, 15) is 14.4 Å². The molecule has 0 unspecified atom stereocenters. The number of nitrogens with zero attached hydrogens (tertiary/aromatic N) is 4. The number of benzodiazepines with no additional fused rings is 1. The van der Waals surface area contributed by atoms with Crippen molar-refractivity contribution >= 4 is 53.0 Å².